The molecule has 0 bridgehead atoms. The molecule has 0 atom stereocenters. The van der Waals surface area contributed by atoms with Crippen LogP contribution in [-0.4, -0.2) is 0 Å². The standard InChI is InChI=1S/C35H34N2/c1-25-6-14-30(15-7-25)36(31-16-8-26(2)9-17-31)34-22-23-35(29(5)24-34)37(32-18-10-27(3)11-19-32)33-20-12-28(4)13-21-33/h6-24H,1-5H3. The molecule has 0 unspecified atom stereocenters. The van der Waals surface area contributed by atoms with Crippen LogP contribution >= 0.6 is 0 Å². The maximum Gasteiger partial charge on any atom is 0.0492 e. The molecule has 0 radical (unpaired) electrons. The van der Waals surface area contributed by atoms with E-state index in [4.69, 9.17) is 0 Å². The van der Waals surface area contributed by atoms with Crippen molar-refractivity contribution in [3.63, 3.8) is 0 Å². The molecule has 5 rings (SSSR count). The molecule has 0 amide bonds. The Kier molecular flexibility index (Phi) is 6.83. The van der Waals surface area contributed by atoms with Gasteiger partial charge >= 0.3 is 0 Å². The number of aryl methyl sites for hydroxylation is 5. The van der Waals surface area contributed by atoms with Gasteiger partial charge in [-0.05, 0) is 107 Å². The number of anilines is 6. The average molecular weight is 483 g/mol. The van der Waals surface area contributed by atoms with Gasteiger partial charge in [-0.15, -0.1) is 0 Å². The Morgan fingerprint density at radius 2 is 0.622 bits per heavy atom. The topological polar surface area (TPSA) is 6.48 Å². The summed E-state index contributed by atoms with van der Waals surface area (Å²) in [6, 6.07) is 41.8. The van der Waals surface area contributed by atoms with Crippen molar-refractivity contribution in [1.82, 2.24) is 0 Å². The van der Waals surface area contributed by atoms with Crippen LogP contribution in [0.25, 0.3) is 0 Å². The Labute approximate surface area is 221 Å². The third-order valence-electron chi connectivity index (χ3n) is 6.85. The fourth-order valence-electron chi connectivity index (χ4n) is 4.68. The van der Waals surface area contributed by atoms with Gasteiger partial charge < -0.3 is 9.80 Å². The molecule has 0 saturated carbocycles. The van der Waals surface area contributed by atoms with Gasteiger partial charge in [-0.1, -0.05) is 70.8 Å². The average Bonchev–Trinajstić information content (AvgIpc) is 2.90. The number of hydrogen-bond donors (Lipinski definition) is 0. The number of benzene rings is 5. The minimum Gasteiger partial charge on any atom is -0.310 e. The Hall–Kier alpha value is -4.30. The molecule has 5 aromatic carbocycles. The van der Waals surface area contributed by atoms with E-state index in [1.54, 1.807) is 0 Å². The molecule has 0 aliphatic heterocycles. The molecule has 0 aromatic heterocycles. The molecule has 184 valence electrons. The smallest absolute Gasteiger partial charge is 0.0492 e. The van der Waals surface area contributed by atoms with E-state index in [1.165, 1.54) is 33.5 Å². The van der Waals surface area contributed by atoms with E-state index < -0.39 is 0 Å². The lowest BCUT2D eigenvalue weighted by molar-refractivity contribution is 1.22. The number of nitrogens with zero attached hydrogens (tertiary/aromatic N) is 2. The van der Waals surface area contributed by atoms with Gasteiger partial charge in [0.05, 0.1) is 0 Å². The molecule has 0 aliphatic rings. The van der Waals surface area contributed by atoms with E-state index in [0.29, 0.717) is 0 Å². The summed E-state index contributed by atoms with van der Waals surface area (Å²) in [5, 5.41) is 0. The second kappa shape index (κ2) is 10.4. The first-order chi connectivity index (χ1) is 17.9. The molecule has 2 nitrogen and oxygen atoms in total. The fourth-order valence-corrected chi connectivity index (χ4v) is 4.68. The van der Waals surface area contributed by atoms with Crippen LogP contribution in [0.2, 0.25) is 0 Å². The summed E-state index contributed by atoms with van der Waals surface area (Å²) in [7, 11) is 0. The molecule has 37 heavy (non-hydrogen) atoms. The minimum absolute atomic E-state index is 1.14. The highest BCUT2D eigenvalue weighted by Crippen LogP contribution is 2.41. The highest BCUT2D eigenvalue weighted by molar-refractivity contribution is 5.83. The Bertz CT molecular complexity index is 1390. The molecule has 0 N–H and O–H groups in total. The van der Waals surface area contributed by atoms with Crippen LogP contribution in [0, 0.1) is 34.6 Å². The highest BCUT2D eigenvalue weighted by Gasteiger charge is 2.18. The van der Waals surface area contributed by atoms with Crippen LogP contribution in [0.3, 0.4) is 0 Å². The summed E-state index contributed by atoms with van der Waals surface area (Å²) in [5.41, 5.74) is 13.1. The van der Waals surface area contributed by atoms with E-state index in [-0.39, 0.29) is 0 Å². The SMILES string of the molecule is Cc1ccc(N(c2ccc(C)cc2)c2ccc(N(c3ccc(C)cc3)c3ccc(C)cc3)c(C)c2)cc1. The summed E-state index contributed by atoms with van der Waals surface area (Å²) >= 11 is 0. The molecule has 5 aromatic rings. The second-order valence-electron chi connectivity index (χ2n) is 9.98. The fraction of sp³-hybridized carbons (Fsp3) is 0.143. The summed E-state index contributed by atoms with van der Waals surface area (Å²) < 4.78 is 0. The molecule has 0 heterocycles. The third-order valence-corrected chi connectivity index (χ3v) is 6.85. The van der Waals surface area contributed by atoms with Crippen LogP contribution in [0.4, 0.5) is 34.1 Å². The van der Waals surface area contributed by atoms with Crippen molar-refractivity contribution >= 4 is 34.1 Å². The lowest BCUT2D eigenvalue weighted by atomic mass is 10.1. The predicted octanol–water partition coefficient (Wildman–Crippen LogP) is 10.2. The summed E-state index contributed by atoms with van der Waals surface area (Å²) in [4.78, 5) is 4.68. The van der Waals surface area contributed by atoms with Gasteiger partial charge in [0, 0.05) is 34.1 Å². The second-order valence-corrected chi connectivity index (χ2v) is 9.98. The van der Waals surface area contributed by atoms with Crippen molar-refractivity contribution < 1.29 is 0 Å². The van der Waals surface area contributed by atoms with E-state index in [0.717, 1.165) is 28.4 Å². The normalized spacial score (nSPS) is 10.8. The van der Waals surface area contributed by atoms with Gasteiger partial charge in [0.15, 0.2) is 0 Å². The highest BCUT2D eigenvalue weighted by atomic mass is 15.2. The first-order valence-corrected chi connectivity index (χ1v) is 12.9. The van der Waals surface area contributed by atoms with E-state index >= 15 is 0 Å². The van der Waals surface area contributed by atoms with Crippen LogP contribution in [0.15, 0.2) is 115 Å². The largest absolute Gasteiger partial charge is 0.310 e. The summed E-state index contributed by atoms with van der Waals surface area (Å²) in [5.74, 6) is 0. The molecular weight excluding hydrogens is 448 g/mol. The predicted molar refractivity (Wildman–Crippen MR) is 159 cm³/mol. The van der Waals surface area contributed by atoms with Crippen molar-refractivity contribution in [2.24, 2.45) is 0 Å². The van der Waals surface area contributed by atoms with Crippen molar-refractivity contribution in [3.8, 4) is 0 Å². The zero-order chi connectivity index (χ0) is 25.9. The Morgan fingerprint density at radius 3 is 0.946 bits per heavy atom. The molecule has 0 aliphatic carbocycles. The van der Waals surface area contributed by atoms with Crippen LogP contribution < -0.4 is 9.80 Å². The number of rotatable bonds is 6. The lowest BCUT2D eigenvalue weighted by Crippen LogP contribution is -2.13. The van der Waals surface area contributed by atoms with Gasteiger partial charge in [-0.25, -0.2) is 0 Å². The minimum atomic E-state index is 1.14. The zero-order valence-corrected chi connectivity index (χ0v) is 22.4. The maximum absolute atomic E-state index is 2.35. The van der Waals surface area contributed by atoms with Crippen LogP contribution in [-0.2, 0) is 0 Å². The van der Waals surface area contributed by atoms with Gasteiger partial charge in [0.1, 0.15) is 0 Å². The maximum atomic E-state index is 2.35. The van der Waals surface area contributed by atoms with Crippen LogP contribution in [0.5, 0.6) is 0 Å². The summed E-state index contributed by atoms with van der Waals surface area (Å²) in [6.45, 7) is 10.7. The summed E-state index contributed by atoms with van der Waals surface area (Å²) in [6.07, 6.45) is 0. The third kappa shape index (κ3) is 5.29. The van der Waals surface area contributed by atoms with Gasteiger partial charge in [-0.3, -0.25) is 0 Å². The molecule has 0 fully saturated rings. The van der Waals surface area contributed by atoms with Crippen molar-refractivity contribution in [1.29, 1.82) is 0 Å². The van der Waals surface area contributed by atoms with Gasteiger partial charge in [-0.2, -0.15) is 0 Å². The quantitative estimate of drug-likeness (QED) is 0.237. The van der Waals surface area contributed by atoms with E-state index in [2.05, 4.69) is 160 Å². The van der Waals surface area contributed by atoms with Crippen LogP contribution in [0.1, 0.15) is 27.8 Å². The van der Waals surface area contributed by atoms with Gasteiger partial charge in [0.25, 0.3) is 0 Å². The van der Waals surface area contributed by atoms with Crippen molar-refractivity contribution in [2.45, 2.75) is 34.6 Å². The molecular formula is C35H34N2. The number of hydrogen-bond acceptors (Lipinski definition) is 2. The lowest BCUT2D eigenvalue weighted by Gasteiger charge is -2.30. The monoisotopic (exact) mass is 482 g/mol. The first-order valence-electron chi connectivity index (χ1n) is 12.9. The first kappa shape index (κ1) is 24.4. The van der Waals surface area contributed by atoms with E-state index in [9.17, 15) is 0 Å². The Balaban J connectivity index is 1.62. The molecule has 0 saturated heterocycles. The molecule has 2 heteroatoms. The Morgan fingerprint density at radius 1 is 0.324 bits per heavy atom. The molecule has 0 spiro atoms. The zero-order valence-electron chi connectivity index (χ0n) is 22.4. The van der Waals surface area contributed by atoms with Crippen molar-refractivity contribution in [3.05, 3.63) is 143 Å². The van der Waals surface area contributed by atoms with Gasteiger partial charge in [0.2, 0.25) is 0 Å². The van der Waals surface area contributed by atoms with Crippen molar-refractivity contribution in [2.75, 3.05) is 9.80 Å². The van der Waals surface area contributed by atoms with E-state index in [1.807, 2.05) is 0 Å².